The van der Waals surface area contributed by atoms with Crippen molar-refractivity contribution in [3.05, 3.63) is 21.3 Å². The van der Waals surface area contributed by atoms with Crippen molar-refractivity contribution in [2.24, 2.45) is 0 Å². The van der Waals surface area contributed by atoms with Crippen LogP contribution in [0.3, 0.4) is 0 Å². The van der Waals surface area contributed by atoms with Crippen molar-refractivity contribution in [1.82, 2.24) is 4.98 Å². The van der Waals surface area contributed by atoms with Crippen LogP contribution in [0, 0.1) is 0 Å². The zero-order chi connectivity index (χ0) is 15.2. The van der Waals surface area contributed by atoms with E-state index < -0.39 is 11.9 Å². The molecule has 2 heterocycles. The second-order valence-corrected chi connectivity index (χ2v) is 6.35. The van der Waals surface area contributed by atoms with Crippen molar-refractivity contribution < 1.29 is 18.7 Å². The van der Waals surface area contributed by atoms with E-state index in [9.17, 15) is 18.7 Å². The summed E-state index contributed by atoms with van der Waals surface area (Å²) in [5.41, 5.74) is 1.95. The van der Waals surface area contributed by atoms with Crippen LogP contribution < -0.4 is 4.90 Å². The molecule has 7 heteroatoms. The molecule has 0 aromatic carbocycles. The Hall–Kier alpha value is -1.24. The highest BCUT2D eigenvalue weighted by Gasteiger charge is 2.36. The van der Waals surface area contributed by atoms with Crippen molar-refractivity contribution in [1.29, 1.82) is 0 Å². The minimum absolute atomic E-state index is 0.0250. The molecule has 0 atom stereocenters. The fourth-order valence-corrected chi connectivity index (χ4v) is 3.74. The number of aromatic nitrogens is 1. The Bertz CT molecular complexity index is 597. The third kappa shape index (κ3) is 2.63. The molecule has 1 saturated heterocycles. The van der Waals surface area contributed by atoms with E-state index >= 15 is 0 Å². The van der Waals surface area contributed by atoms with Gasteiger partial charge in [-0.05, 0) is 46.3 Å². The average molecular weight is 361 g/mol. The maximum Gasteiger partial charge on any atom is 0.355 e. The molecule has 0 amide bonds. The van der Waals surface area contributed by atoms with Gasteiger partial charge in [-0.1, -0.05) is 0 Å². The minimum Gasteiger partial charge on any atom is -0.476 e. The van der Waals surface area contributed by atoms with Crippen molar-refractivity contribution in [2.45, 2.75) is 38.0 Å². The Labute approximate surface area is 129 Å². The zero-order valence-electron chi connectivity index (χ0n) is 11.3. The van der Waals surface area contributed by atoms with Gasteiger partial charge in [0.2, 0.25) is 0 Å². The van der Waals surface area contributed by atoms with Crippen LogP contribution in [-0.4, -0.2) is 35.1 Å². The number of hydrogen-bond donors (Lipinski definition) is 1. The van der Waals surface area contributed by atoms with E-state index in [0.717, 1.165) is 30.4 Å². The van der Waals surface area contributed by atoms with Crippen LogP contribution in [0.4, 0.5) is 14.6 Å². The van der Waals surface area contributed by atoms with Crippen molar-refractivity contribution in [3.63, 3.8) is 0 Å². The van der Waals surface area contributed by atoms with Crippen LogP contribution in [0.2, 0.25) is 0 Å². The van der Waals surface area contributed by atoms with Crippen molar-refractivity contribution in [3.8, 4) is 0 Å². The third-order valence-corrected chi connectivity index (χ3v) is 5.03. The summed E-state index contributed by atoms with van der Waals surface area (Å²) in [5, 5.41) is 9.27. The molecule has 0 unspecified atom stereocenters. The summed E-state index contributed by atoms with van der Waals surface area (Å²) in [4.78, 5) is 17.4. The topological polar surface area (TPSA) is 53.4 Å². The number of carboxylic acid groups (broad SMARTS) is 1. The molecular weight excluding hydrogens is 346 g/mol. The van der Waals surface area contributed by atoms with E-state index in [-0.39, 0.29) is 31.6 Å². The summed E-state index contributed by atoms with van der Waals surface area (Å²) < 4.78 is 27.1. The van der Waals surface area contributed by atoms with Crippen LogP contribution in [0.1, 0.15) is 40.9 Å². The first kappa shape index (κ1) is 14.7. The lowest BCUT2D eigenvalue weighted by molar-refractivity contribution is -0.0222. The van der Waals surface area contributed by atoms with E-state index in [1.165, 1.54) is 0 Å². The summed E-state index contributed by atoms with van der Waals surface area (Å²) >= 11 is 3.33. The summed E-state index contributed by atoms with van der Waals surface area (Å²) in [6, 6.07) is 0. The molecule has 0 radical (unpaired) electrons. The molecule has 4 nitrogen and oxygen atoms in total. The number of alkyl halides is 2. The smallest absolute Gasteiger partial charge is 0.355 e. The zero-order valence-corrected chi connectivity index (χ0v) is 12.9. The number of pyridine rings is 1. The van der Waals surface area contributed by atoms with Gasteiger partial charge in [-0.15, -0.1) is 0 Å². The van der Waals surface area contributed by atoms with Crippen LogP contribution in [0.25, 0.3) is 0 Å². The predicted molar refractivity (Wildman–Crippen MR) is 77.3 cm³/mol. The summed E-state index contributed by atoms with van der Waals surface area (Å²) in [7, 11) is 0. The molecule has 1 aliphatic heterocycles. The highest BCUT2D eigenvalue weighted by Crippen LogP contribution is 2.39. The standard InChI is InChI=1S/C14H15BrF2N2O2/c15-10-8-2-1-3-9(8)12(18-11(10)13(20)21)19-6-4-14(16,17)5-7-19/h1-7H2,(H,20,21). The molecule has 21 heavy (non-hydrogen) atoms. The number of rotatable bonds is 2. The molecule has 1 N–H and O–H groups in total. The molecule has 0 saturated carbocycles. The third-order valence-electron chi connectivity index (χ3n) is 4.18. The SMILES string of the molecule is O=C(O)c1nc(N2CCC(F)(F)CC2)c2c(c1Br)CCC2. The Morgan fingerprint density at radius 1 is 1.24 bits per heavy atom. The van der Waals surface area contributed by atoms with Gasteiger partial charge < -0.3 is 10.0 Å². The maximum absolute atomic E-state index is 13.3. The lowest BCUT2D eigenvalue weighted by atomic mass is 10.0. The van der Waals surface area contributed by atoms with Gasteiger partial charge in [0.1, 0.15) is 5.82 Å². The number of aromatic carboxylic acids is 1. The van der Waals surface area contributed by atoms with Gasteiger partial charge >= 0.3 is 5.97 Å². The first-order valence-corrected chi connectivity index (χ1v) is 7.76. The Kier molecular flexibility index (Phi) is 3.63. The second kappa shape index (κ2) is 5.19. The number of piperidine rings is 1. The van der Waals surface area contributed by atoms with Crippen LogP contribution in [0.5, 0.6) is 0 Å². The highest BCUT2D eigenvalue weighted by molar-refractivity contribution is 9.10. The molecule has 3 rings (SSSR count). The van der Waals surface area contributed by atoms with Gasteiger partial charge in [0, 0.05) is 25.9 Å². The van der Waals surface area contributed by atoms with Crippen LogP contribution >= 0.6 is 15.9 Å². The summed E-state index contributed by atoms with van der Waals surface area (Å²) in [6.45, 7) is 0.431. The van der Waals surface area contributed by atoms with E-state index in [2.05, 4.69) is 20.9 Å². The molecule has 114 valence electrons. The lowest BCUT2D eigenvalue weighted by Gasteiger charge is -2.34. The van der Waals surface area contributed by atoms with E-state index in [1.807, 2.05) is 0 Å². The minimum atomic E-state index is -2.62. The largest absolute Gasteiger partial charge is 0.476 e. The highest BCUT2D eigenvalue weighted by atomic mass is 79.9. The fraction of sp³-hybridized carbons (Fsp3) is 0.571. The first-order chi connectivity index (χ1) is 9.89. The van der Waals surface area contributed by atoms with Crippen LogP contribution in [-0.2, 0) is 12.8 Å². The van der Waals surface area contributed by atoms with Gasteiger partial charge in [0.25, 0.3) is 5.92 Å². The average Bonchev–Trinajstić information content (AvgIpc) is 2.89. The number of carbonyl (C=O) groups is 1. The number of hydrogen-bond acceptors (Lipinski definition) is 3. The van der Waals surface area contributed by atoms with Crippen molar-refractivity contribution >= 4 is 27.7 Å². The monoisotopic (exact) mass is 360 g/mol. The number of nitrogens with zero attached hydrogens (tertiary/aromatic N) is 2. The second-order valence-electron chi connectivity index (χ2n) is 5.56. The molecule has 1 aromatic heterocycles. The molecule has 0 spiro atoms. The summed E-state index contributed by atoms with van der Waals surface area (Å²) in [5.74, 6) is -3.14. The molecule has 0 bridgehead atoms. The van der Waals surface area contributed by atoms with Gasteiger partial charge in [0.15, 0.2) is 5.69 Å². The van der Waals surface area contributed by atoms with E-state index in [4.69, 9.17) is 0 Å². The lowest BCUT2D eigenvalue weighted by Crippen LogP contribution is -2.40. The van der Waals surface area contributed by atoms with Crippen molar-refractivity contribution in [2.75, 3.05) is 18.0 Å². The van der Waals surface area contributed by atoms with Gasteiger partial charge in [-0.2, -0.15) is 0 Å². The molecular formula is C14H15BrF2N2O2. The maximum atomic E-state index is 13.3. The number of carboxylic acids is 1. The number of halogens is 3. The summed E-state index contributed by atoms with van der Waals surface area (Å²) in [6.07, 6.45) is 2.15. The first-order valence-electron chi connectivity index (χ1n) is 6.96. The quantitative estimate of drug-likeness (QED) is 0.879. The Morgan fingerprint density at radius 2 is 1.86 bits per heavy atom. The predicted octanol–water partition coefficient (Wildman–Crippen LogP) is 3.27. The normalized spacial score (nSPS) is 20.4. The molecule has 1 fully saturated rings. The molecule has 1 aliphatic carbocycles. The van der Waals surface area contributed by atoms with Crippen LogP contribution in [0.15, 0.2) is 4.47 Å². The van der Waals surface area contributed by atoms with Gasteiger partial charge in [-0.25, -0.2) is 18.6 Å². The fourth-order valence-electron chi connectivity index (χ4n) is 3.05. The van der Waals surface area contributed by atoms with Gasteiger partial charge in [-0.3, -0.25) is 0 Å². The van der Waals surface area contributed by atoms with E-state index in [0.29, 0.717) is 10.3 Å². The Balaban J connectivity index is 2.01. The number of anilines is 1. The molecule has 1 aromatic rings. The van der Waals surface area contributed by atoms with Gasteiger partial charge in [0.05, 0.1) is 4.47 Å². The number of fused-ring (bicyclic) bond motifs is 1. The Morgan fingerprint density at radius 3 is 2.48 bits per heavy atom. The molecule has 2 aliphatic rings. The van der Waals surface area contributed by atoms with E-state index in [1.54, 1.807) is 4.90 Å².